The first-order valence-corrected chi connectivity index (χ1v) is 9.41. The molecule has 0 bridgehead atoms. The molecule has 1 aliphatic carbocycles. The number of ether oxygens (including phenoxy) is 1. The fourth-order valence-electron chi connectivity index (χ4n) is 3.91. The lowest BCUT2D eigenvalue weighted by atomic mass is 10.0. The minimum absolute atomic E-state index is 0.0710. The molecule has 142 valence electrons. The molecule has 1 aromatic carbocycles. The number of carbonyl (C=O) groups is 2. The van der Waals surface area contributed by atoms with Crippen molar-refractivity contribution in [2.24, 2.45) is 11.7 Å². The van der Waals surface area contributed by atoms with E-state index in [-0.39, 0.29) is 22.9 Å². The SMILES string of the molecule is CN1CC[C@@H](C#Cc2ccc3c(c2)-n2nc(C(N)=O)cc2C2(CC2)CO3)C1=O. The second-order valence-corrected chi connectivity index (χ2v) is 7.81. The average molecular weight is 376 g/mol. The maximum Gasteiger partial charge on any atom is 0.269 e. The summed E-state index contributed by atoms with van der Waals surface area (Å²) in [4.78, 5) is 25.4. The van der Waals surface area contributed by atoms with Crippen molar-refractivity contribution in [3.8, 4) is 23.3 Å². The first-order valence-electron chi connectivity index (χ1n) is 9.41. The molecule has 2 aromatic rings. The van der Waals surface area contributed by atoms with Crippen LogP contribution in [0.25, 0.3) is 5.69 Å². The zero-order chi connectivity index (χ0) is 19.5. The number of hydrogen-bond acceptors (Lipinski definition) is 4. The first kappa shape index (κ1) is 16.9. The van der Waals surface area contributed by atoms with Gasteiger partial charge in [-0.15, -0.1) is 0 Å². The van der Waals surface area contributed by atoms with Gasteiger partial charge in [-0.3, -0.25) is 9.59 Å². The number of amides is 2. The predicted molar refractivity (Wildman–Crippen MR) is 101 cm³/mol. The molecule has 7 nitrogen and oxygen atoms in total. The van der Waals surface area contributed by atoms with Gasteiger partial charge in [-0.05, 0) is 43.5 Å². The Hall–Kier alpha value is -3.27. The number of nitrogens with zero attached hydrogens (tertiary/aromatic N) is 3. The van der Waals surface area contributed by atoms with Crippen molar-refractivity contribution in [3.63, 3.8) is 0 Å². The molecule has 1 spiro atoms. The molecule has 3 heterocycles. The van der Waals surface area contributed by atoms with Crippen molar-refractivity contribution in [1.82, 2.24) is 14.7 Å². The van der Waals surface area contributed by atoms with E-state index in [0.29, 0.717) is 12.4 Å². The van der Waals surface area contributed by atoms with Crippen molar-refractivity contribution in [2.45, 2.75) is 24.7 Å². The molecule has 1 saturated heterocycles. The number of rotatable bonds is 1. The Morgan fingerprint density at radius 3 is 2.86 bits per heavy atom. The Bertz CT molecular complexity index is 1070. The van der Waals surface area contributed by atoms with Gasteiger partial charge in [-0.1, -0.05) is 11.8 Å². The van der Waals surface area contributed by atoms with Gasteiger partial charge in [0.2, 0.25) is 5.91 Å². The van der Waals surface area contributed by atoms with E-state index in [4.69, 9.17) is 10.5 Å². The number of likely N-dealkylation sites (tertiary alicyclic amines) is 1. The van der Waals surface area contributed by atoms with Gasteiger partial charge in [0.1, 0.15) is 17.4 Å². The molecule has 2 aliphatic heterocycles. The highest BCUT2D eigenvalue weighted by Crippen LogP contribution is 2.51. The number of carbonyl (C=O) groups excluding carboxylic acids is 2. The third-order valence-corrected chi connectivity index (χ3v) is 5.87. The highest BCUT2D eigenvalue weighted by Gasteiger charge is 2.50. The molecule has 1 saturated carbocycles. The Morgan fingerprint density at radius 2 is 2.18 bits per heavy atom. The topological polar surface area (TPSA) is 90.5 Å². The van der Waals surface area contributed by atoms with E-state index in [0.717, 1.165) is 42.8 Å². The second-order valence-electron chi connectivity index (χ2n) is 7.81. The number of hydrogen-bond donors (Lipinski definition) is 1. The van der Waals surface area contributed by atoms with Crippen LogP contribution in [0.4, 0.5) is 0 Å². The zero-order valence-electron chi connectivity index (χ0n) is 15.6. The number of aromatic nitrogens is 2. The fourth-order valence-corrected chi connectivity index (χ4v) is 3.91. The molecule has 1 aromatic heterocycles. The first-order chi connectivity index (χ1) is 13.5. The Balaban J connectivity index is 1.56. The van der Waals surface area contributed by atoms with E-state index in [1.807, 2.05) is 18.2 Å². The summed E-state index contributed by atoms with van der Waals surface area (Å²) in [5, 5.41) is 4.44. The van der Waals surface area contributed by atoms with Gasteiger partial charge in [0.25, 0.3) is 5.91 Å². The minimum Gasteiger partial charge on any atom is -0.490 e. The second kappa shape index (κ2) is 5.86. The van der Waals surface area contributed by atoms with Crippen molar-refractivity contribution in [3.05, 3.63) is 41.2 Å². The van der Waals surface area contributed by atoms with E-state index < -0.39 is 5.91 Å². The minimum atomic E-state index is -0.543. The van der Waals surface area contributed by atoms with Crippen LogP contribution < -0.4 is 10.5 Å². The maximum atomic E-state index is 12.1. The zero-order valence-corrected chi connectivity index (χ0v) is 15.6. The van der Waals surface area contributed by atoms with E-state index in [1.165, 1.54) is 0 Å². The molecular formula is C21H20N4O3. The summed E-state index contributed by atoms with van der Waals surface area (Å²) in [7, 11) is 1.80. The van der Waals surface area contributed by atoms with Crippen LogP contribution in [0.2, 0.25) is 0 Å². The third kappa shape index (κ3) is 2.56. The van der Waals surface area contributed by atoms with Crippen LogP contribution in [0.5, 0.6) is 5.75 Å². The van der Waals surface area contributed by atoms with Crippen molar-refractivity contribution in [1.29, 1.82) is 0 Å². The van der Waals surface area contributed by atoms with Crippen molar-refractivity contribution < 1.29 is 14.3 Å². The summed E-state index contributed by atoms with van der Waals surface area (Å²) >= 11 is 0. The lowest BCUT2D eigenvalue weighted by Gasteiger charge is -2.11. The number of benzene rings is 1. The summed E-state index contributed by atoms with van der Waals surface area (Å²) in [6.45, 7) is 1.29. The summed E-state index contributed by atoms with van der Waals surface area (Å²) in [6.07, 6.45) is 2.74. The van der Waals surface area contributed by atoms with E-state index >= 15 is 0 Å². The largest absolute Gasteiger partial charge is 0.490 e. The normalized spacial score (nSPS) is 21.2. The molecule has 1 atom stereocenters. The van der Waals surface area contributed by atoms with Gasteiger partial charge < -0.3 is 15.4 Å². The fraction of sp³-hybridized carbons (Fsp3) is 0.381. The number of fused-ring (bicyclic) bond motifs is 4. The van der Waals surface area contributed by atoms with Crippen LogP contribution in [0.3, 0.4) is 0 Å². The summed E-state index contributed by atoms with van der Waals surface area (Å²) in [5.74, 6) is 6.18. The highest BCUT2D eigenvalue weighted by molar-refractivity contribution is 5.91. The van der Waals surface area contributed by atoms with E-state index in [1.54, 1.807) is 22.7 Å². The van der Waals surface area contributed by atoms with Crippen molar-refractivity contribution in [2.75, 3.05) is 20.2 Å². The predicted octanol–water partition coefficient (Wildman–Crippen LogP) is 1.23. The smallest absolute Gasteiger partial charge is 0.269 e. The number of nitrogens with two attached hydrogens (primary N) is 1. The van der Waals surface area contributed by atoms with Crippen LogP contribution in [0.1, 0.15) is 41.0 Å². The molecular weight excluding hydrogens is 356 g/mol. The molecule has 28 heavy (non-hydrogen) atoms. The van der Waals surface area contributed by atoms with Crippen LogP contribution >= 0.6 is 0 Å². The summed E-state index contributed by atoms with van der Waals surface area (Å²) in [5.41, 5.74) is 8.09. The van der Waals surface area contributed by atoms with Gasteiger partial charge in [0, 0.05) is 24.6 Å². The third-order valence-electron chi connectivity index (χ3n) is 5.87. The molecule has 0 unspecified atom stereocenters. The van der Waals surface area contributed by atoms with Crippen LogP contribution in [0.15, 0.2) is 24.3 Å². The summed E-state index contributed by atoms with van der Waals surface area (Å²) in [6, 6.07) is 7.43. The maximum absolute atomic E-state index is 12.1. The molecule has 2 amide bonds. The van der Waals surface area contributed by atoms with Crippen LogP contribution in [-0.2, 0) is 10.2 Å². The molecule has 5 rings (SSSR count). The van der Waals surface area contributed by atoms with Gasteiger partial charge in [0.15, 0.2) is 5.69 Å². The molecule has 0 radical (unpaired) electrons. The molecule has 3 aliphatic rings. The van der Waals surface area contributed by atoms with Gasteiger partial charge in [-0.25, -0.2) is 4.68 Å². The molecule has 7 heteroatoms. The highest BCUT2D eigenvalue weighted by atomic mass is 16.5. The van der Waals surface area contributed by atoms with E-state index in [2.05, 4.69) is 16.9 Å². The standard InChI is InChI=1S/C21H20N4O3/c1-24-9-6-14(20(24)27)4-2-13-3-5-17-16(10-13)25-18(11-15(23-25)19(22)26)21(7-8-21)12-28-17/h3,5,10-11,14H,6-9,12H2,1H3,(H2,22,26)/t14-/m1/s1. The van der Waals surface area contributed by atoms with Gasteiger partial charge in [0.05, 0.1) is 12.3 Å². The van der Waals surface area contributed by atoms with E-state index in [9.17, 15) is 9.59 Å². The van der Waals surface area contributed by atoms with Crippen LogP contribution in [0, 0.1) is 17.8 Å². The average Bonchev–Trinajstić information content (AvgIpc) is 3.25. The van der Waals surface area contributed by atoms with Crippen molar-refractivity contribution >= 4 is 11.8 Å². The van der Waals surface area contributed by atoms with Gasteiger partial charge in [-0.2, -0.15) is 5.10 Å². The molecule has 2 N–H and O–H groups in total. The Morgan fingerprint density at radius 1 is 1.36 bits per heavy atom. The lowest BCUT2D eigenvalue weighted by Crippen LogP contribution is -2.21. The van der Waals surface area contributed by atoms with Crippen LogP contribution in [-0.4, -0.2) is 46.7 Å². The van der Waals surface area contributed by atoms with Gasteiger partial charge >= 0.3 is 0 Å². The number of primary amides is 1. The quantitative estimate of drug-likeness (QED) is 0.758. The summed E-state index contributed by atoms with van der Waals surface area (Å²) < 4.78 is 7.82. The lowest BCUT2D eigenvalue weighted by molar-refractivity contribution is -0.128. The Labute approximate surface area is 162 Å². The molecule has 2 fully saturated rings. The Kier molecular flexibility index (Phi) is 3.53. The monoisotopic (exact) mass is 376 g/mol.